The lowest BCUT2D eigenvalue weighted by molar-refractivity contribution is 0.0822. The molecule has 2 fully saturated rings. The standard InChI is InChI=1S/C19H21ClN4O2/c20-16-4-2-15(3-5-16)19(6-1-7-19)23-17(25)14-12-21-18(22-13-14)24-8-10-26-11-9-24/h2-5,12-13H,1,6-11H2,(H,23,25). The maximum atomic E-state index is 12.7. The summed E-state index contributed by atoms with van der Waals surface area (Å²) >= 11 is 5.99. The van der Waals surface area contributed by atoms with Crippen LogP contribution in [0.5, 0.6) is 0 Å². The molecule has 1 aliphatic carbocycles. The van der Waals surface area contributed by atoms with Crippen molar-refractivity contribution in [2.24, 2.45) is 0 Å². The zero-order valence-electron chi connectivity index (χ0n) is 14.4. The predicted molar refractivity (Wildman–Crippen MR) is 99.5 cm³/mol. The number of ether oxygens (including phenoxy) is 1. The van der Waals surface area contributed by atoms with Crippen LogP contribution in [0.2, 0.25) is 5.02 Å². The van der Waals surface area contributed by atoms with Gasteiger partial charge in [-0.15, -0.1) is 0 Å². The molecule has 0 atom stereocenters. The Morgan fingerprint density at radius 3 is 2.35 bits per heavy atom. The number of anilines is 1. The van der Waals surface area contributed by atoms with E-state index in [-0.39, 0.29) is 11.4 Å². The molecule has 1 N–H and O–H groups in total. The zero-order valence-corrected chi connectivity index (χ0v) is 15.2. The van der Waals surface area contributed by atoms with E-state index in [4.69, 9.17) is 16.3 Å². The lowest BCUT2D eigenvalue weighted by atomic mass is 9.71. The van der Waals surface area contributed by atoms with Gasteiger partial charge in [0.1, 0.15) is 0 Å². The minimum Gasteiger partial charge on any atom is -0.378 e. The average Bonchev–Trinajstić information content (AvgIpc) is 2.66. The van der Waals surface area contributed by atoms with Gasteiger partial charge in [0.2, 0.25) is 5.95 Å². The Balaban J connectivity index is 1.47. The first-order valence-corrected chi connectivity index (χ1v) is 9.27. The van der Waals surface area contributed by atoms with Gasteiger partial charge in [0.25, 0.3) is 5.91 Å². The Hall–Kier alpha value is -2.18. The average molecular weight is 373 g/mol. The number of hydrogen-bond acceptors (Lipinski definition) is 5. The fourth-order valence-electron chi connectivity index (χ4n) is 3.44. The third-order valence-corrected chi connectivity index (χ3v) is 5.40. The Morgan fingerprint density at radius 1 is 1.12 bits per heavy atom. The van der Waals surface area contributed by atoms with Crippen LogP contribution < -0.4 is 10.2 Å². The van der Waals surface area contributed by atoms with Crippen molar-refractivity contribution in [2.75, 3.05) is 31.2 Å². The second kappa shape index (κ2) is 7.21. The molecule has 4 rings (SSSR count). The highest BCUT2D eigenvalue weighted by Gasteiger charge is 2.40. The summed E-state index contributed by atoms with van der Waals surface area (Å²) in [5, 5.41) is 3.88. The van der Waals surface area contributed by atoms with Crippen LogP contribution in [0.15, 0.2) is 36.7 Å². The first-order valence-electron chi connectivity index (χ1n) is 8.90. The number of nitrogens with one attached hydrogen (secondary N) is 1. The van der Waals surface area contributed by atoms with E-state index in [9.17, 15) is 4.79 Å². The summed E-state index contributed by atoms with van der Waals surface area (Å²) in [6.45, 7) is 2.89. The van der Waals surface area contributed by atoms with Crippen molar-refractivity contribution in [1.82, 2.24) is 15.3 Å². The summed E-state index contributed by atoms with van der Waals surface area (Å²) in [5.74, 6) is 0.495. The fourth-order valence-corrected chi connectivity index (χ4v) is 3.57. The number of rotatable bonds is 4. The highest BCUT2D eigenvalue weighted by Crippen LogP contribution is 2.41. The van der Waals surface area contributed by atoms with Gasteiger partial charge < -0.3 is 15.0 Å². The highest BCUT2D eigenvalue weighted by molar-refractivity contribution is 6.30. The largest absolute Gasteiger partial charge is 0.378 e. The fraction of sp³-hybridized carbons (Fsp3) is 0.421. The highest BCUT2D eigenvalue weighted by atomic mass is 35.5. The molecule has 26 heavy (non-hydrogen) atoms. The molecular weight excluding hydrogens is 352 g/mol. The molecular formula is C19H21ClN4O2. The van der Waals surface area contributed by atoms with E-state index < -0.39 is 0 Å². The van der Waals surface area contributed by atoms with E-state index in [1.54, 1.807) is 12.4 Å². The van der Waals surface area contributed by atoms with E-state index in [0.29, 0.717) is 29.7 Å². The molecule has 1 saturated carbocycles. The normalized spacial score (nSPS) is 18.9. The lowest BCUT2D eigenvalue weighted by Crippen LogP contribution is -2.50. The maximum Gasteiger partial charge on any atom is 0.255 e. The van der Waals surface area contributed by atoms with Crippen molar-refractivity contribution in [3.05, 3.63) is 52.8 Å². The molecule has 0 bridgehead atoms. The number of carbonyl (C=O) groups is 1. The minimum absolute atomic E-state index is 0.145. The van der Waals surface area contributed by atoms with Crippen LogP contribution in [0.3, 0.4) is 0 Å². The molecule has 1 saturated heterocycles. The number of nitrogens with zero attached hydrogens (tertiary/aromatic N) is 3. The molecule has 7 heteroatoms. The zero-order chi connectivity index (χ0) is 18.0. The predicted octanol–water partition coefficient (Wildman–Crippen LogP) is 2.78. The van der Waals surface area contributed by atoms with Gasteiger partial charge in [-0.05, 0) is 37.0 Å². The molecule has 136 valence electrons. The third-order valence-electron chi connectivity index (χ3n) is 5.15. The molecule has 1 aromatic carbocycles. The monoisotopic (exact) mass is 372 g/mol. The molecule has 2 aliphatic rings. The Kier molecular flexibility index (Phi) is 4.78. The lowest BCUT2D eigenvalue weighted by Gasteiger charge is -2.43. The molecule has 1 aromatic heterocycles. The van der Waals surface area contributed by atoms with E-state index in [0.717, 1.165) is 37.9 Å². The summed E-state index contributed by atoms with van der Waals surface area (Å²) in [6, 6.07) is 7.70. The number of morpholine rings is 1. The van der Waals surface area contributed by atoms with E-state index in [2.05, 4.69) is 20.2 Å². The number of carbonyl (C=O) groups excluding carboxylic acids is 1. The first kappa shape index (κ1) is 17.2. The van der Waals surface area contributed by atoms with E-state index >= 15 is 0 Å². The number of benzene rings is 1. The second-order valence-corrected chi connectivity index (χ2v) is 7.20. The van der Waals surface area contributed by atoms with Gasteiger partial charge in [-0.1, -0.05) is 23.7 Å². The van der Waals surface area contributed by atoms with Crippen LogP contribution in [-0.2, 0) is 10.3 Å². The van der Waals surface area contributed by atoms with Gasteiger partial charge in [0.05, 0.1) is 24.3 Å². The first-order chi connectivity index (χ1) is 12.7. The van der Waals surface area contributed by atoms with Gasteiger partial charge in [-0.3, -0.25) is 4.79 Å². The van der Waals surface area contributed by atoms with Crippen molar-refractivity contribution in [1.29, 1.82) is 0 Å². The van der Waals surface area contributed by atoms with Crippen molar-refractivity contribution < 1.29 is 9.53 Å². The summed E-state index contributed by atoms with van der Waals surface area (Å²) in [5.41, 5.74) is 1.25. The Morgan fingerprint density at radius 2 is 1.77 bits per heavy atom. The third kappa shape index (κ3) is 3.39. The van der Waals surface area contributed by atoms with Gasteiger partial charge in [-0.25, -0.2) is 9.97 Å². The second-order valence-electron chi connectivity index (χ2n) is 6.77. The van der Waals surface area contributed by atoms with Gasteiger partial charge in [0.15, 0.2) is 0 Å². The molecule has 1 amide bonds. The van der Waals surface area contributed by atoms with Crippen molar-refractivity contribution >= 4 is 23.5 Å². The smallest absolute Gasteiger partial charge is 0.255 e. The summed E-state index contributed by atoms with van der Waals surface area (Å²) in [7, 11) is 0. The number of aromatic nitrogens is 2. The van der Waals surface area contributed by atoms with Crippen molar-refractivity contribution in [2.45, 2.75) is 24.8 Å². The maximum absolute atomic E-state index is 12.7. The van der Waals surface area contributed by atoms with Crippen LogP contribution in [0.1, 0.15) is 35.2 Å². The van der Waals surface area contributed by atoms with Crippen LogP contribution in [0, 0.1) is 0 Å². The van der Waals surface area contributed by atoms with Crippen molar-refractivity contribution in [3.63, 3.8) is 0 Å². The molecule has 0 radical (unpaired) electrons. The quantitative estimate of drug-likeness (QED) is 0.893. The molecule has 2 heterocycles. The summed E-state index contributed by atoms with van der Waals surface area (Å²) in [4.78, 5) is 23.5. The van der Waals surface area contributed by atoms with Gasteiger partial charge >= 0.3 is 0 Å². The van der Waals surface area contributed by atoms with Gasteiger partial charge in [0, 0.05) is 30.5 Å². The molecule has 6 nitrogen and oxygen atoms in total. The number of hydrogen-bond donors (Lipinski definition) is 1. The Labute approximate surface area is 157 Å². The summed E-state index contributed by atoms with van der Waals surface area (Å²) in [6.07, 6.45) is 6.14. The number of amides is 1. The van der Waals surface area contributed by atoms with E-state index in [1.807, 2.05) is 24.3 Å². The van der Waals surface area contributed by atoms with Crippen LogP contribution in [-0.4, -0.2) is 42.2 Å². The molecule has 2 aromatic rings. The van der Waals surface area contributed by atoms with Gasteiger partial charge in [-0.2, -0.15) is 0 Å². The van der Waals surface area contributed by atoms with Crippen LogP contribution in [0.4, 0.5) is 5.95 Å². The van der Waals surface area contributed by atoms with Crippen LogP contribution >= 0.6 is 11.6 Å². The van der Waals surface area contributed by atoms with Crippen molar-refractivity contribution in [3.8, 4) is 0 Å². The Bertz CT molecular complexity index is 769. The molecule has 1 aliphatic heterocycles. The SMILES string of the molecule is O=C(NC1(c2ccc(Cl)cc2)CCC1)c1cnc(N2CCOCC2)nc1. The number of halogens is 1. The molecule has 0 spiro atoms. The minimum atomic E-state index is -0.315. The summed E-state index contributed by atoms with van der Waals surface area (Å²) < 4.78 is 5.34. The topological polar surface area (TPSA) is 67.4 Å². The van der Waals surface area contributed by atoms with Crippen LogP contribution in [0.25, 0.3) is 0 Å². The van der Waals surface area contributed by atoms with E-state index in [1.165, 1.54) is 0 Å². The molecule has 0 unspecified atom stereocenters.